The van der Waals surface area contributed by atoms with Crippen molar-refractivity contribution in [3.8, 4) is 0 Å². The Bertz CT molecular complexity index is 391. The largest absolute Gasteiger partial charge is 0.416 e. The molecule has 0 atom stereocenters. The smallest absolute Gasteiger partial charge is 0.366 e. The van der Waals surface area contributed by atoms with Gasteiger partial charge in [0.1, 0.15) is 0 Å². The summed E-state index contributed by atoms with van der Waals surface area (Å²) in [5.74, 6) is -0.897. The topological polar surface area (TPSA) is 43.1 Å². The van der Waals surface area contributed by atoms with E-state index in [1.165, 1.54) is 6.92 Å². The number of nitrogens with two attached hydrogens (primary N) is 1. The summed E-state index contributed by atoms with van der Waals surface area (Å²) in [5, 5.41) is 0. The highest BCUT2D eigenvalue weighted by Crippen LogP contribution is 2.30. The highest BCUT2D eigenvalue weighted by Gasteiger charge is 2.30. The second kappa shape index (κ2) is 3.32. The Morgan fingerprint density at radius 3 is 2.50 bits per heavy atom. The van der Waals surface area contributed by atoms with Crippen LogP contribution >= 0.6 is 0 Å². The normalized spacial score (nSPS) is 12.4. The number of carbonyl (C=O) groups excluding carboxylic acids is 1. The SMILES string of the molecule is [2H]c1cc(C(F)(F)F)cc(C)c1C(N)=O. The van der Waals surface area contributed by atoms with Crippen LogP contribution in [-0.4, -0.2) is 5.91 Å². The molecule has 1 aromatic carbocycles. The predicted octanol–water partition coefficient (Wildman–Crippen LogP) is 2.11. The number of benzene rings is 1. The number of amides is 1. The van der Waals surface area contributed by atoms with E-state index in [9.17, 15) is 18.0 Å². The Balaban J connectivity index is 3.39. The van der Waals surface area contributed by atoms with E-state index in [1.807, 2.05) is 0 Å². The van der Waals surface area contributed by atoms with E-state index in [0.29, 0.717) is 6.07 Å². The van der Waals surface area contributed by atoms with Crippen LogP contribution in [0.2, 0.25) is 0 Å². The van der Waals surface area contributed by atoms with Crippen LogP contribution in [0.1, 0.15) is 22.9 Å². The third kappa shape index (κ3) is 2.04. The number of halogens is 3. The molecular weight excluding hydrogens is 195 g/mol. The Kier molecular flexibility index (Phi) is 2.15. The van der Waals surface area contributed by atoms with Crippen molar-refractivity contribution in [1.82, 2.24) is 0 Å². The summed E-state index contributed by atoms with van der Waals surface area (Å²) >= 11 is 0. The van der Waals surface area contributed by atoms with Crippen molar-refractivity contribution in [1.29, 1.82) is 0 Å². The first-order valence-corrected chi connectivity index (χ1v) is 3.71. The van der Waals surface area contributed by atoms with Gasteiger partial charge in [0.15, 0.2) is 0 Å². The molecule has 0 heterocycles. The van der Waals surface area contributed by atoms with Gasteiger partial charge in [0.05, 0.1) is 6.93 Å². The molecule has 0 saturated carbocycles. The fourth-order valence-corrected chi connectivity index (χ4v) is 1.04. The van der Waals surface area contributed by atoms with Gasteiger partial charge in [0.25, 0.3) is 0 Å². The van der Waals surface area contributed by atoms with E-state index < -0.39 is 23.7 Å². The summed E-state index contributed by atoms with van der Waals surface area (Å²) in [7, 11) is 0. The van der Waals surface area contributed by atoms with Gasteiger partial charge in [-0.2, -0.15) is 13.2 Å². The third-order valence-corrected chi connectivity index (χ3v) is 1.71. The molecule has 0 saturated heterocycles. The lowest BCUT2D eigenvalue weighted by Crippen LogP contribution is -2.14. The maximum absolute atomic E-state index is 12.3. The van der Waals surface area contributed by atoms with Crippen LogP contribution in [0.25, 0.3) is 0 Å². The first kappa shape index (κ1) is 9.05. The molecule has 0 bridgehead atoms. The lowest BCUT2D eigenvalue weighted by molar-refractivity contribution is -0.137. The van der Waals surface area contributed by atoms with Crippen molar-refractivity contribution in [2.45, 2.75) is 13.1 Å². The van der Waals surface area contributed by atoms with Crippen molar-refractivity contribution in [3.63, 3.8) is 0 Å². The maximum atomic E-state index is 12.3. The third-order valence-electron chi connectivity index (χ3n) is 1.71. The predicted molar refractivity (Wildman–Crippen MR) is 44.7 cm³/mol. The number of alkyl halides is 3. The molecule has 0 radical (unpaired) electrons. The summed E-state index contributed by atoms with van der Waals surface area (Å²) in [6.45, 7) is 1.31. The standard InChI is InChI=1S/C9H8F3NO/c1-5-4-6(9(10,11)12)2-3-7(5)8(13)14/h2-4H,1H3,(H2,13,14)/i3D. The van der Waals surface area contributed by atoms with Crippen molar-refractivity contribution >= 4 is 5.91 Å². The highest BCUT2D eigenvalue weighted by atomic mass is 19.4. The molecule has 2 N–H and O–H groups in total. The average molecular weight is 204 g/mol. The molecule has 76 valence electrons. The zero-order valence-corrected chi connectivity index (χ0v) is 7.27. The van der Waals surface area contributed by atoms with Crippen LogP contribution in [0.15, 0.2) is 18.2 Å². The van der Waals surface area contributed by atoms with Gasteiger partial charge < -0.3 is 5.73 Å². The highest BCUT2D eigenvalue weighted by molar-refractivity contribution is 5.94. The molecule has 5 heteroatoms. The van der Waals surface area contributed by atoms with Crippen LogP contribution in [0.5, 0.6) is 0 Å². The molecule has 0 spiro atoms. The van der Waals surface area contributed by atoms with E-state index in [0.717, 1.165) is 6.07 Å². The Labute approximate surface area is 79.9 Å². The van der Waals surface area contributed by atoms with Crippen LogP contribution in [-0.2, 0) is 6.18 Å². The van der Waals surface area contributed by atoms with Crippen molar-refractivity contribution in [3.05, 3.63) is 34.9 Å². The first-order chi connectivity index (χ1) is 6.73. The van der Waals surface area contributed by atoms with Crippen LogP contribution in [0.3, 0.4) is 0 Å². The van der Waals surface area contributed by atoms with Gasteiger partial charge >= 0.3 is 6.18 Å². The van der Waals surface area contributed by atoms with E-state index in [1.54, 1.807) is 0 Å². The number of hydrogen-bond donors (Lipinski definition) is 1. The number of rotatable bonds is 1. The van der Waals surface area contributed by atoms with Crippen LogP contribution in [0, 0.1) is 6.92 Å². The van der Waals surface area contributed by atoms with Crippen molar-refractivity contribution < 1.29 is 19.3 Å². The number of hydrogen-bond acceptors (Lipinski definition) is 1. The molecule has 0 fully saturated rings. The summed E-state index contributed by atoms with van der Waals surface area (Å²) in [6.07, 6.45) is -4.52. The first-order valence-electron chi connectivity index (χ1n) is 4.21. The fourth-order valence-electron chi connectivity index (χ4n) is 1.04. The van der Waals surface area contributed by atoms with Gasteiger partial charge in [-0.15, -0.1) is 0 Å². The van der Waals surface area contributed by atoms with Gasteiger partial charge in [0, 0.05) is 5.56 Å². The molecule has 14 heavy (non-hydrogen) atoms. The summed E-state index contributed by atoms with van der Waals surface area (Å²) < 4.78 is 44.1. The van der Waals surface area contributed by atoms with E-state index in [-0.39, 0.29) is 11.1 Å². The monoisotopic (exact) mass is 204 g/mol. The number of primary amides is 1. The molecule has 0 unspecified atom stereocenters. The summed E-state index contributed by atoms with van der Waals surface area (Å²) in [6, 6.07) is 0.889. The fraction of sp³-hybridized carbons (Fsp3) is 0.222. The minimum atomic E-state index is -4.52. The zero-order valence-electron chi connectivity index (χ0n) is 8.27. The van der Waals surface area contributed by atoms with Gasteiger partial charge in [0.2, 0.25) is 5.91 Å². The molecule has 1 amide bonds. The Morgan fingerprint density at radius 2 is 2.14 bits per heavy atom. The molecule has 0 aliphatic rings. The van der Waals surface area contributed by atoms with Gasteiger partial charge in [-0.05, 0) is 30.7 Å². The maximum Gasteiger partial charge on any atom is 0.416 e. The van der Waals surface area contributed by atoms with Gasteiger partial charge in [-0.3, -0.25) is 4.79 Å². The lowest BCUT2D eigenvalue weighted by Gasteiger charge is -2.08. The Morgan fingerprint density at radius 1 is 1.57 bits per heavy atom. The summed E-state index contributed by atoms with van der Waals surface area (Å²) in [4.78, 5) is 10.8. The van der Waals surface area contributed by atoms with Crippen molar-refractivity contribution in [2.24, 2.45) is 5.73 Å². The number of carbonyl (C=O) groups is 1. The molecule has 1 aromatic rings. The Hall–Kier alpha value is -1.52. The zero-order chi connectivity index (χ0) is 11.8. The van der Waals surface area contributed by atoms with Gasteiger partial charge in [-0.1, -0.05) is 0 Å². The molecule has 2 nitrogen and oxygen atoms in total. The molecular formula is C9H8F3NO. The molecule has 0 aromatic heterocycles. The van der Waals surface area contributed by atoms with Crippen LogP contribution in [0.4, 0.5) is 13.2 Å². The minimum absolute atomic E-state index is 0.0577. The van der Waals surface area contributed by atoms with E-state index in [4.69, 9.17) is 7.10 Å². The number of aryl methyl sites for hydroxylation is 1. The van der Waals surface area contributed by atoms with Crippen molar-refractivity contribution in [2.75, 3.05) is 0 Å². The lowest BCUT2D eigenvalue weighted by atomic mass is 10.0. The molecule has 1 rings (SSSR count). The minimum Gasteiger partial charge on any atom is -0.366 e. The van der Waals surface area contributed by atoms with E-state index >= 15 is 0 Å². The summed E-state index contributed by atoms with van der Waals surface area (Å²) in [5.41, 5.74) is 3.87. The van der Waals surface area contributed by atoms with Gasteiger partial charge in [-0.25, -0.2) is 0 Å². The molecule has 0 aliphatic carbocycles. The second-order valence-corrected chi connectivity index (χ2v) is 2.81. The second-order valence-electron chi connectivity index (χ2n) is 2.81. The molecule has 0 aliphatic heterocycles. The average Bonchev–Trinajstić information content (AvgIpc) is 1.99. The van der Waals surface area contributed by atoms with Crippen LogP contribution < -0.4 is 5.73 Å². The quantitative estimate of drug-likeness (QED) is 0.747. The van der Waals surface area contributed by atoms with E-state index in [2.05, 4.69) is 0 Å².